The van der Waals surface area contributed by atoms with Gasteiger partial charge in [0.2, 0.25) is 0 Å². The highest BCUT2D eigenvalue weighted by atomic mass is 16.1. The fourth-order valence-electron chi connectivity index (χ4n) is 2.00. The maximum Gasteiger partial charge on any atom is 0.251 e. The molecule has 0 aromatic heterocycles. The molecule has 0 radical (unpaired) electrons. The number of hydrogen-bond donors (Lipinski definition) is 3. The van der Waals surface area contributed by atoms with Crippen LogP contribution in [0, 0.1) is 0 Å². The molecule has 0 spiro atoms. The zero-order valence-electron chi connectivity index (χ0n) is 13.5. The second-order valence-corrected chi connectivity index (χ2v) is 5.23. The van der Waals surface area contributed by atoms with E-state index in [0.717, 1.165) is 19.4 Å². The predicted molar refractivity (Wildman–Crippen MR) is 92.0 cm³/mol. The van der Waals surface area contributed by atoms with Crippen LogP contribution in [-0.2, 0) is 0 Å². The van der Waals surface area contributed by atoms with E-state index in [1.807, 2.05) is 18.2 Å². The molecule has 0 aliphatic heterocycles. The number of guanidine groups is 1. The van der Waals surface area contributed by atoms with Crippen molar-refractivity contribution in [3.05, 3.63) is 35.9 Å². The fourth-order valence-corrected chi connectivity index (χ4v) is 2.00. The van der Waals surface area contributed by atoms with E-state index in [2.05, 4.69) is 22.5 Å². The van der Waals surface area contributed by atoms with Gasteiger partial charge in [-0.2, -0.15) is 0 Å². The Morgan fingerprint density at radius 3 is 2.50 bits per heavy atom. The van der Waals surface area contributed by atoms with Gasteiger partial charge in [0, 0.05) is 25.2 Å². The van der Waals surface area contributed by atoms with Crippen LogP contribution in [0.1, 0.15) is 49.4 Å². The highest BCUT2D eigenvalue weighted by Gasteiger charge is 2.02. The Hall–Kier alpha value is -2.04. The molecule has 0 fully saturated rings. The van der Waals surface area contributed by atoms with E-state index in [4.69, 9.17) is 5.73 Å². The van der Waals surface area contributed by atoms with E-state index in [1.165, 1.54) is 19.3 Å². The molecule has 122 valence electrons. The molecule has 0 unspecified atom stereocenters. The first-order chi connectivity index (χ1) is 10.7. The number of nitrogens with one attached hydrogen (secondary N) is 2. The summed E-state index contributed by atoms with van der Waals surface area (Å²) in [5.74, 6) is 0.442. The van der Waals surface area contributed by atoms with Crippen molar-refractivity contribution in [1.82, 2.24) is 10.6 Å². The molecule has 0 saturated carbocycles. The summed E-state index contributed by atoms with van der Waals surface area (Å²) in [4.78, 5) is 16.0. The number of hydrogen-bond acceptors (Lipinski definition) is 2. The topological polar surface area (TPSA) is 79.5 Å². The summed E-state index contributed by atoms with van der Waals surface area (Å²) in [6.45, 7) is 4.28. The van der Waals surface area contributed by atoms with Gasteiger partial charge in [-0.3, -0.25) is 9.79 Å². The van der Waals surface area contributed by atoms with Crippen LogP contribution >= 0.6 is 0 Å². The maximum absolute atomic E-state index is 11.8. The van der Waals surface area contributed by atoms with Crippen LogP contribution in [0.25, 0.3) is 0 Å². The van der Waals surface area contributed by atoms with E-state index in [-0.39, 0.29) is 5.91 Å². The first-order valence-corrected chi connectivity index (χ1v) is 8.11. The summed E-state index contributed by atoms with van der Waals surface area (Å²) in [6, 6.07) is 9.20. The quantitative estimate of drug-likeness (QED) is 0.352. The molecule has 1 amide bonds. The van der Waals surface area contributed by atoms with Gasteiger partial charge in [-0.1, -0.05) is 44.4 Å². The van der Waals surface area contributed by atoms with Gasteiger partial charge in [0.25, 0.3) is 5.91 Å². The summed E-state index contributed by atoms with van der Waals surface area (Å²) in [5, 5.41) is 5.98. The molecular weight excluding hydrogens is 276 g/mol. The molecule has 0 aliphatic carbocycles. The van der Waals surface area contributed by atoms with Crippen molar-refractivity contribution in [2.75, 3.05) is 19.6 Å². The van der Waals surface area contributed by atoms with E-state index in [9.17, 15) is 4.79 Å². The molecule has 0 heterocycles. The summed E-state index contributed by atoms with van der Waals surface area (Å²) < 4.78 is 0. The van der Waals surface area contributed by atoms with Crippen molar-refractivity contribution >= 4 is 11.9 Å². The average Bonchev–Trinajstić information content (AvgIpc) is 2.55. The minimum Gasteiger partial charge on any atom is -0.370 e. The van der Waals surface area contributed by atoms with E-state index in [0.29, 0.717) is 24.6 Å². The number of amides is 1. The number of carbonyl (C=O) groups is 1. The Morgan fingerprint density at radius 1 is 1.05 bits per heavy atom. The Balaban J connectivity index is 2.06. The lowest BCUT2D eigenvalue weighted by atomic mass is 10.2. The first kappa shape index (κ1) is 18.0. The molecule has 22 heavy (non-hydrogen) atoms. The second-order valence-electron chi connectivity index (χ2n) is 5.23. The molecule has 1 aromatic carbocycles. The van der Waals surface area contributed by atoms with Crippen LogP contribution in [0.15, 0.2) is 35.3 Å². The van der Waals surface area contributed by atoms with Gasteiger partial charge in [-0.15, -0.1) is 0 Å². The first-order valence-electron chi connectivity index (χ1n) is 8.11. The van der Waals surface area contributed by atoms with Crippen molar-refractivity contribution in [1.29, 1.82) is 0 Å². The van der Waals surface area contributed by atoms with Crippen LogP contribution in [0.4, 0.5) is 0 Å². The SMILES string of the molecule is CCCCCCNC(N)=NCCCNC(=O)c1ccccc1. The number of aliphatic imine (C=N–C) groups is 1. The van der Waals surface area contributed by atoms with Crippen molar-refractivity contribution in [3.63, 3.8) is 0 Å². The van der Waals surface area contributed by atoms with E-state index in [1.54, 1.807) is 12.1 Å². The van der Waals surface area contributed by atoms with Gasteiger partial charge in [-0.05, 0) is 25.0 Å². The summed E-state index contributed by atoms with van der Waals surface area (Å²) >= 11 is 0. The lowest BCUT2D eigenvalue weighted by molar-refractivity contribution is 0.0953. The Labute approximate surface area is 133 Å². The van der Waals surface area contributed by atoms with Crippen LogP contribution in [0.5, 0.6) is 0 Å². The predicted octanol–water partition coefficient (Wildman–Crippen LogP) is 2.29. The summed E-state index contributed by atoms with van der Waals surface area (Å²) in [5.41, 5.74) is 6.45. The van der Waals surface area contributed by atoms with Crippen LogP contribution in [0.2, 0.25) is 0 Å². The third kappa shape index (κ3) is 8.29. The Bertz CT molecular complexity index is 445. The van der Waals surface area contributed by atoms with Gasteiger partial charge in [0.15, 0.2) is 5.96 Å². The summed E-state index contributed by atoms with van der Waals surface area (Å²) in [6.07, 6.45) is 5.62. The van der Waals surface area contributed by atoms with Crippen molar-refractivity contribution in [2.45, 2.75) is 39.0 Å². The third-order valence-electron chi connectivity index (χ3n) is 3.28. The second kappa shape index (κ2) is 11.6. The molecular formula is C17H28N4O. The van der Waals surface area contributed by atoms with Crippen LogP contribution < -0.4 is 16.4 Å². The number of carbonyl (C=O) groups excluding carboxylic acids is 1. The normalized spacial score (nSPS) is 11.2. The van der Waals surface area contributed by atoms with Gasteiger partial charge < -0.3 is 16.4 Å². The van der Waals surface area contributed by atoms with Crippen molar-refractivity contribution in [3.8, 4) is 0 Å². The van der Waals surface area contributed by atoms with Crippen molar-refractivity contribution < 1.29 is 4.79 Å². The standard InChI is InChI=1S/C17H28N4O/c1-2-3-4-8-12-20-17(18)21-14-9-13-19-16(22)15-10-6-5-7-11-15/h5-7,10-11H,2-4,8-9,12-14H2,1H3,(H,19,22)(H3,18,20,21). The Kier molecular flexibility index (Phi) is 9.50. The maximum atomic E-state index is 11.8. The smallest absolute Gasteiger partial charge is 0.251 e. The minimum absolute atomic E-state index is 0.0494. The van der Waals surface area contributed by atoms with Gasteiger partial charge >= 0.3 is 0 Å². The molecule has 1 rings (SSSR count). The molecule has 0 saturated heterocycles. The molecule has 0 bridgehead atoms. The molecule has 0 aliphatic rings. The fraction of sp³-hybridized carbons (Fsp3) is 0.529. The lowest BCUT2D eigenvalue weighted by Gasteiger charge is -2.06. The monoisotopic (exact) mass is 304 g/mol. The lowest BCUT2D eigenvalue weighted by Crippen LogP contribution is -2.32. The minimum atomic E-state index is -0.0494. The molecule has 5 nitrogen and oxygen atoms in total. The molecule has 0 atom stereocenters. The van der Waals surface area contributed by atoms with E-state index < -0.39 is 0 Å². The van der Waals surface area contributed by atoms with Gasteiger partial charge in [0.05, 0.1) is 0 Å². The highest BCUT2D eigenvalue weighted by molar-refractivity contribution is 5.94. The summed E-state index contributed by atoms with van der Waals surface area (Å²) in [7, 11) is 0. The van der Waals surface area contributed by atoms with Gasteiger partial charge in [-0.25, -0.2) is 0 Å². The molecule has 4 N–H and O–H groups in total. The third-order valence-corrected chi connectivity index (χ3v) is 3.28. The highest BCUT2D eigenvalue weighted by Crippen LogP contribution is 1.98. The number of nitrogens with zero attached hydrogens (tertiary/aromatic N) is 1. The zero-order valence-corrected chi connectivity index (χ0v) is 13.5. The molecule has 1 aromatic rings. The largest absolute Gasteiger partial charge is 0.370 e. The van der Waals surface area contributed by atoms with E-state index >= 15 is 0 Å². The number of rotatable bonds is 10. The average molecular weight is 304 g/mol. The van der Waals surface area contributed by atoms with Gasteiger partial charge in [0.1, 0.15) is 0 Å². The van der Waals surface area contributed by atoms with Crippen LogP contribution in [-0.4, -0.2) is 31.5 Å². The number of nitrogens with two attached hydrogens (primary N) is 1. The Morgan fingerprint density at radius 2 is 1.77 bits per heavy atom. The molecule has 5 heteroatoms. The van der Waals surface area contributed by atoms with Crippen LogP contribution in [0.3, 0.4) is 0 Å². The number of unbranched alkanes of at least 4 members (excludes halogenated alkanes) is 3. The zero-order chi connectivity index (χ0) is 16.0. The number of benzene rings is 1. The van der Waals surface area contributed by atoms with Crippen molar-refractivity contribution in [2.24, 2.45) is 10.7 Å².